The highest BCUT2D eigenvalue weighted by molar-refractivity contribution is 7.91. The number of amides is 4. The van der Waals surface area contributed by atoms with E-state index < -0.39 is 92.3 Å². The fourth-order valence-electron chi connectivity index (χ4n) is 8.48. The Bertz CT molecular complexity index is 2180. The molecule has 14 nitrogen and oxygen atoms in total. The van der Waals surface area contributed by atoms with Gasteiger partial charge in [0.15, 0.2) is 5.60 Å². The zero-order valence-corrected chi connectivity index (χ0v) is 35.3. The van der Waals surface area contributed by atoms with Gasteiger partial charge in [0.1, 0.15) is 40.9 Å². The Morgan fingerprint density at radius 3 is 2.50 bits per heavy atom. The van der Waals surface area contributed by atoms with Gasteiger partial charge in [0.25, 0.3) is 11.8 Å². The molecule has 2 saturated carbocycles. The summed E-state index contributed by atoms with van der Waals surface area (Å²) in [6.45, 7) is 5.64. The van der Waals surface area contributed by atoms with E-state index in [0.717, 1.165) is 25.7 Å². The molecule has 7 rings (SSSR count). The largest absolute Gasteiger partial charge is 0.491 e. The molecular formula is C42H54F3N5O9S. The van der Waals surface area contributed by atoms with Crippen LogP contribution < -0.4 is 24.8 Å². The molecule has 1 aromatic carbocycles. The third kappa shape index (κ3) is 8.36. The highest BCUT2D eigenvalue weighted by Crippen LogP contribution is 2.48. The van der Waals surface area contributed by atoms with Gasteiger partial charge in [-0.2, -0.15) is 0 Å². The molecule has 328 valence electrons. The molecule has 4 heterocycles. The number of hydrogen-bond acceptors (Lipinski definition) is 10. The zero-order chi connectivity index (χ0) is 43.4. The number of aryl methyl sites for hydroxylation is 1. The molecule has 5 aliphatic rings. The molecule has 4 amide bonds. The molecule has 2 aliphatic carbocycles. The smallest absolute Gasteiger partial charge is 0.408 e. The molecule has 3 aliphatic heterocycles. The summed E-state index contributed by atoms with van der Waals surface area (Å²) in [6, 6.07) is 4.74. The van der Waals surface area contributed by atoms with Gasteiger partial charge in [-0.1, -0.05) is 44.2 Å². The molecule has 3 N–H and O–H groups in total. The Balaban J connectivity index is 1.24. The van der Waals surface area contributed by atoms with E-state index in [2.05, 4.69) is 15.4 Å². The van der Waals surface area contributed by atoms with Crippen LogP contribution in [-0.2, 0) is 35.6 Å². The lowest BCUT2D eigenvalue weighted by Crippen LogP contribution is -2.60. The van der Waals surface area contributed by atoms with E-state index >= 15 is 0 Å². The van der Waals surface area contributed by atoms with Crippen molar-refractivity contribution in [2.24, 2.45) is 17.8 Å². The van der Waals surface area contributed by atoms with Gasteiger partial charge >= 0.3 is 6.09 Å². The Hall–Kier alpha value is -4.61. The van der Waals surface area contributed by atoms with Crippen LogP contribution >= 0.6 is 0 Å². The van der Waals surface area contributed by atoms with Crippen molar-refractivity contribution in [3.8, 4) is 11.6 Å². The normalized spacial score (nSPS) is 29.9. The number of benzene rings is 1. The van der Waals surface area contributed by atoms with Gasteiger partial charge in [-0.05, 0) is 83.1 Å². The predicted molar refractivity (Wildman–Crippen MR) is 213 cm³/mol. The van der Waals surface area contributed by atoms with Crippen molar-refractivity contribution < 1.29 is 55.0 Å². The topological polar surface area (TPSA) is 182 Å². The number of ether oxygens (including phenoxy) is 3. The number of rotatable bonds is 9. The average molecular weight is 862 g/mol. The maximum absolute atomic E-state index is 14.9. The van der Waals surface area contributed by atoms with Crippen molar-refractivity contribution in [1.29, 1.82) is 0 Å². The number of fused-ring (bicyclic) bond motifs is 5. The number of allylic oxidation sites excluding steroid dienone is 1. The number of halogens is 3. The molecule has 0 radical (unpaired) electrons. The van der Waals surface area contributed by atoms with Gasteiger partial charge in [0.05, 0.1) is 18.8 Å². The number of hydrogen-bond donors (Lipinski definition) is 3. The Kier molecular flexibility index (Phi) is 11.6. The highest BCUT2D eigenvalue weighted by Gasteiger charge is 2.64. The third-order valence-corrected chi connectivity index (χ3v) is 15.0. The number of alkyl carbamates (subject to hydrolysis) is 1. The number of nitrogens with zero attached hydrogens (tertiary/aromatic N) is 2. The van der Waals surface area contributed by atoms with Crippen LogP contribution in [-0.4, -0.2) is 102 Å². The molecule has 3 fully saturated rings. The van der Waals surface area contributed by atoms with Crippen molar-refractivity contribution in [2.45, 2.75) is 132 Å². The van der Waals surface area contributed by atoms with Crippen molar-refractivity contribution in [3.63, 3.8) is 0 Å². The summed E-state index contributed by atoms with van der Waals surface area (Å²) in [6.07, 6.45) is 4.53. The zero-order valence-electron chi connectivity index (χ0n) is 34.5. The van der Waals surface area contributed by atoms with Gasteiger partial charge in [0.2, 0.25) is 27.7 Å². The summed E-state index contributed by atoms with van der Waals surface area (Å²) in [5, 5.41) is 6.75. The van der Waals surface area contributed by atoms with Crippen LogP contribution in [0.15, 0.2) is 36.4 Å². The minimum absolute atomic E-state index is 0.00953. The molecule has 18 heteroatoms. The van der Waals surface area contributed by atoms with E-state index in [1.54, 1.807) is 13.0 Å². The van der Waals surface area contributed by atoms with Crippen molar-refractivity contribution in [1.82, 2.24) is 25.2 Å². The van der Waals surface area contributed by atoms with E-state index in [-0.39, 0.29) is 44.0 Å². The monoisotopic (exact) mass is 861 g/mol. The second-order valence-electron chi connectivity index (χ2n) is 17.9. The second-order valence-corrected chi connectivity index (χ2v) is 20.0. The molecule has 0 unspecified atom stereocenters. The van der Waals surface area contributed by atoms with Gasteiger partial charge in [-0.15, -0.1) is 0 Å². The molecule has 7 atom stereocenters. The molecule has 2 aromatic rings. The first-order valence-electron chi connectivity index (χ1n) is 20.7. The van der Waals surface area contributed by atoms with E-state index in [1.165, 1.54) is 4.90 Å². The van der Waals surface area contributed by atoms with Crippen LogP contribution in [0.3, 0.4) is 0 Å². The van der Waals surface area contributed by atoms with E-state index in [0.29, 0.717) is 56.0 Å². The predicted octanol–water partition coefficient (Wildman–Crippen LogP) is 5.27. The van der Waals surface area contributed by atoms with Crippen LogP contribution in [0.5, 0.6) is 11.6 Å². The lowest BCUT2D eigenvalue weighted by Gasteiger charge is -2.35. The first-order valence-corrected chi connectivity index (χ1v) is 22.2. The summed E-state index contributed by atoms with van der Waals surface area (Å²) in [5.41, 5.74) is -3.27. The van der Waals surface area contributed by atoms with Gasteiger partial charge in [-0.25, -0.2) is 31.4 Å². The van der Waals surface area contributed by atoms with Crippen LogP contribution in [0, 0.1) is 17.8 Å². The minimum Gasteiger partial charge on any atom is -0.491 e. The van der Waals surface area contributed by atoms with Gasteiger partial charge < -0.3 is 29.7 Å². The Labute approximate surface area is 347 Å². The third-order valence-electron chi connectivity index (χ3n) is 12.9. The standard InChI is InChI=1S/C42H54F3N5O9S/c1-24-11-6-7-12-26-21-42(26,37(53)49-60(55,56)41(23-43)16-17-41)48-34(51)31-20-27(58-35-29-14-9-8-13-28(29)33-30(46-35)15-10-18-57-33)22-50(31)36(52)32(25(2)19-24)47-38(54)59-39(3,4)40(5,44)45/h7-9,12-14,24-27,31-32H,6,10-11,15-23H2,1-5H3,(H,47,54)(H,48,51)(H,49,53)/b12-7-/t24-,25+,26+,27+,31-,32-,42+/m0/s1. The number of pyridine rings is 1. The number of sulfonamides is 1. The summed E-state index contributed by atoms with van der Waals surface area (Å²) in [5.74, 6) is -6.21. The molecule has 60 heavy (non-hydrogen) atoms. The fraction of sp³-hybridized carbons (Fsp3) is 0.643. The molecular weight excluding hydrogens is 808 g/mol. The van der Waals surface area contributed by atoms with Crippen LogP contribution in [0.25, 0.3) is 10.8 Å². The van der Waals surface area contributed by atoms with Gasteiger partial charge in [0, 0.05) is 30.0 Å². The molecule has 1 saturated heterocycles. The average Bonchev–Trinajstić information content (AvgIpc) is 4.09. The lowest BCUT2D eigenvalue weighted by molar-refractivity contribution is -0.152. The summed E-state index contributed by atoms with van der Waals surface area (Å²) < 4.78 is 87.3. The number of nitrogens with one attached hydrogen (secondary N) is 3. The molecule has 1 aromatic heterocycles. The second kappa shape index (κ2) is 16.0. The minimum atomic E-state index is -4.44. The fourth-order valence-corrected chi connectivity index (χ4v) is 9.90. The van der Waals surface area contributed by atoms with E-state index in [1.807, 2.05) is 37.3 Å². The highest BCUT2D eigenvalue weighted by atomic mass is 32.2. The van der Waals surface area contributed by atoms with Crippen molar-refractivity contribution in [2.75, 3.05) is 19.8 Å². The Morgan fingerprint density at radius 2 is 1.82 bits per heavy atom. The summed E-state index contributed by atoms with van der Waals surface area (Å²) in [4.78, 5) is 62.9. The first kappa shape index (κ1) is 43.5. The number of carbonyl (C=O) groups excluding carboxylic acids is 4. The van der Waals surface area contributed by atoms with Crippen LogP contribution in [0.1, 0.15) is 91.7 Å². The quantitative estimate of drug-likeness (QED) is 0.281. The van der Waals surface area contributed by atoms with Crippen LogP contribution in [0.4, 0.5) is 18.0 Å². The maximum atomic E-state index is 14.9. The number of alkyl halides is 3. The molecule has 0 bridgehead atoms. The van der Waals surface area contributed by atoms with Crippen molar-refractivity contribution >= 4 is 44.6 Å². The summed E-state index contributed by atoms with van der Waals surface area (Å²) in [7, 11) is -4.44. The van der Waals surface area contributed by atoms with E-state index in [9.17, 15) is 40.8 Å². The van der Waals surface area contributed by atoms with Gasteiger partial charge in [-0.3, -0.25) is 19.1 Å². The molecule has 0 spiro atoms. The summed E-state index contributed by atoms with van der Waals surface area (Å²) >= 11 is 0. The Morgan fingerprint density at radius 1 is 1.10 bits per heavy atom. The maximum Gasteiger partial charge on any atom is 0.408 e. The first-order chi connectivity index (χ1) is 28.2. The number of carbonyl (C=O) groups is 4. The SMILES string of the molecule is C[C@H]1CC/C=C\[C@@H]2C[C@@]2(C(=O)NS(=O)(=O)C2(CF)CC2)NC(=O)[C@@H]2C[C@@H](Oc3nc4c(c5ccccc35)OCCC4)CN2C(=O)[C@@H](NC(=O)OC(C)(C)C(C)(F)F)[C@H](C)C1. The van der Waals surface area contributed by atoms with E-state index in [4.69, 9.17) is 19.2 Å². The lowest BCUT2D eigenvalue weighted by atomic mass is 9.88. The number of aromatic nitrogens is 1. The van der Waals surface area contributed by atoms with Crippen LogP contribution in [0.2, 0.25) is 0 Å². The van der Waals surface area contributed by atoms with Crippen molar-refractivity contribution in [3.05, 3.63) is 42.1 Å².